The summed E-state index contributed by atoms with van der Waals surface area (Å²) in [4.78, 5) is 14.1. The van der Waals surface area contributed by atoms with Crippen molar-refractivity contribution in [3.63, 3.8) is 0 Å². The zero-order chi connectivity index (χ0) is 32.4. The summed E-state index contributed by atoms with van der Waals surface area (Å²) in [6, 6.07) is 18.6. The van der Waals surface area contributed by atoms with E-state index in [-0.39, 0.29) is 29.6 Å². The van der Waals surface area contributed by atoms with Crippen LogP contribution in [0.25, 0.3) is 0 Å². The number of hydrogen-bond acceptors (Lipinski definition) is 6. The first-order valence-corrected chi connectivity index (χ1v) is 17.3. The first-order valence-electron chi connectivity index (χ1n) is 15.5. The first kappa shape index (κ1) is 33.5. The number of hydrogen-bond donors (Lipinski definition) is 3. The van der Waals surface area contributed by atoms with E-state index in [4.69, 9.17) is 22.1 Å². The predicted molar refractivity (Wildman–Crippen MR) is 175 cm³/mol. The summed E-state index contributed by atoms with van der Waals surface area (Å²) in [7, 11) is -3.78. The van der Waals surface area contributed by atoms with Gasteiger partial charge in [-0.2, -0.15) is 4.31 Å². The number of carbonyl (C=O) groups is 1. The number of carbonyl (C=O) groups excluding carboxylic acids is 1. The number of piperazine rings is 1. The minimum atomic E-state index is -3.78. The minimum absolute atomic E-state index is 0.130. The molecular formula is C34H42ClFN4O4S. The van der Waals surface area contributed by atoms with E-state index in [1.807, 2.05) is 32.9 Å². The molecule has 4 N–H and O–H groups in total. The van der Waals surface area contributed by atoms with E-state index in [1.54, 1.807) is 54.6 Å². The molecule has 0 saturated carbocycles. The highest BCUT2D eigenvalue weighted by atomic mass is 35.5. The molecule has 0 radical (unpaired) electrons. The van der Waals surface area contributed by atoms with Gasteiger partial charge in [-0.15, -0.1) is 0 Å². The van der Waals surface area contributed by atoms with Crippen LogP contribution in [0.1, 0.15) is 51.2 Å². The number of nitrogens with zero attached hydrogens (tertiary/aromatic N) is 1. The van der Waals surface area contributed by atoms with Gasteiger partial charge in [0.2, 0.25) is 15.9 Å². The average molecular weight is 657 g/mol. The molecule has 2 saturated heterocycles. The third-order valence-corrected chi connectivity index (χ3v) is 11.4. The van der Waals surface area contributed by atoms with Crippen LogP contribution in [0.2, 0.25) is 5.02 Å². The van der Waals surface area contributed by atoms with Crippen LogP contribution in [-0.2, 0) is 31.4 Å². The van der Waals surface area contributed by atoms with Crippen molar-refractivity contribution < 1.29 is 22.3 Å². The van der Waals surface area contributed by atoms with Crippen molar-refractivity contribution in [2.24, 2.45) is 5.73 Å². The summed E-state index contributed by atoms with van der Waals surface area (Å²) in [6.45, 7) is 6.75. The zero-order valence-corrected chi connectivity index (χ0v) is 27.5. The molecule has 0 aromatic heterocycles. The summed E-state index contributed by atoms with van der Waals surface area (Å²) in [5.74, 6) is -0.907. The van der Waals surface area contributed by atoms with E-state index >= 15 is 4.39 Å². The van der Waals surface area contributed by atoms with Crippen LogP contribution in [0.15, 0.2) is 77.7 Å². The van der Waals surface area contributed by atoms with E-state index in [0.29, 0.717) is 48.6 Å². The highest BCUT2D eigenvalue weighted by Gasteiger charge is 2.47. The Hall–Kier alpha value is -2.86. The van der Waals surface area contributed by atoms with Crippen molar-refractivity contribution in [2.45, 2.75) is 87.1 Å². The summed E-state index contributed by atoms with van der Waals surface area (Å²) < 4.78 is 50.3. The number of sulfonamides is 1. The molecule has 0 bridgehead atoms. The molecule has 6 atom stereocenters. The van der Waals surface area contributed by atoms with Crippen LogP contribution >= 0.6 is 11.6 Å². The summed E-state index contributed by atoms with van der Waals surface area (Å²) in [5.41, 5.74) is 7.61. The van der Waals surface area contributed by atoms with E-state index in [2.05, 4.69) is 10.6 Å². The molecular weight excluding hydrogens is 615 g/mol. The summed E-state index contributed by atoms with van der Waals surface area (Å²) in [6.07, 6.45) is 1.36. The number of rotatable bonds is 9. The number of anilines is 1. The molecule has 1 unspecified atom stereocenters. The fourth-order valence-corrected chi connectivity index (χ4v) is 9.12. The largest absolute Gasteiger partial charge is 0.375 e. The van der Waals surface area contributed by atoms with Crippen molar-refractivity contribution in [1.29, 1.82) is 0 Å². The first-order chi connectivity index (χ1) is 21.4. The lowest BCUT2D eigenvalue weighted by atomic mass is 9.66. The van der Waals surface area contributed by atoms with Crippen LogP contribution in [0.5, 0.6) is 0 Å². The Kier molecular flexibility index (Phi) is 10.3. The molecule has 8 nitrogen and oxygen atoms in total. The lowest BCUT2D eigenvalue weighted by Gasteiger charge is -2.46. The Labute approximate surface area is 270 Å². The third kappa shape index (κ3) is 7.11. The zero-order valence-electron chi connectivity index (χ0n) is 25.9. The monoisotopic (exact) mass is 656 g/mol. The molecule has 2 aliphatic rings. The van der Waals surface area contributed by atoms with E-state index in [9.17, 15) is 13.2 Å². The van der Waals surface area contributed by atoms with Crippen LogP contribution < -0.4 is 16.4 Å². The number of ether oxygens (including phenoxy) is 1. The smallest absolute Gasteiger partial charge is 0.243 e. The molecule has 2 aliphatic heterocycles. The van der Waals surface area contributed by atoms with E-state index in [1.165, 1.54) is 10.4 Å². The summed E-state index contributed by atoms with van der Waals surface area (Å²) >= 11 is 6.18. The van der Waals surface area contributed by atoms with Crippen molar-refractivity contribution in [2.75, 3.05) is 18.4 Å². The highest BCUT2D eigenvalue weighted by Crippen LogP contribution is 2.43. The van der Waals surface area contributed by atoms with Crippen LogP contribution in [-0.4, -0.2) is 62.1 Å². The molecule has 45 heavy (non-hydrogen) atoms. The highest BCUT2D eigenvalue weighted by molar-refractivity contribution is 7.89. The third-order valence-electron chi connectivity index (χ3n) is 9.10. The number of nitrogens with one attached hydrogen (secondary N) is 2. The molecule has 0 spiro atoms. The molecule has 2 fully saturated rings. The second kappa shape index (κ2) is 13.9. The Morgan fingerprint density at radius 1 is 1.04 bits per heavy atom. The van der Waals surface area contributed by atoms with Gasteiger partial charge in [-0.05, 0) is 88.4 Å². The number of nitrogens with two attached hydrogens (primary N) is 1. The van der Waals surface area contributed by atoms with Gasteiger partial charge in [0.05, 0.1) is 23.1 Å². The molecule has 3 aromatic rings. The molecule has 2 heterocycles. The lowest BCUT2D eigenvalue weighted by Crippen LogP contribution is -2.58. The van der Waals surface area contributed by atoms with Gasteiger partial charge in [-0.1, -0.05) is 48.0 Å². The Balaban J connectivity index is 1.39. The minimum Gasteiger partial charge on any atom is -0.375 e. The topological polar surface area (TPSA) is 114 Å². The second-order valence-electron chi connectivity index (χ2n) is 12.4. The molecule has 11 heteroatoms. The fraction of sp³-hybridized carbons (Fsp3) is 0.441. The normalized spacial score (nSPS) is 26.7. The maximum absolute atomic E-state index is 15.4. The van der Waals surface area contributed by atoms with Gasteiger partial charge in [-0.25, -0.2) is 12.8 Å². The van der Waals surface area contributed by atoms with Gasteiger partial charge in [0.15, 0.2) is 0 Å². The SMILES string of the molecule is C[C@@H]1CC(c2ccc(Cl)cc2)([C@H](N)C(=O)Nc2cccc(F)c2CC[C@H]2CNC[C@@H](C)N2S(=O)(=O)c2ccccc2)C[C@H](C)O1. The number of benzene rings is 3. The molecule has 5 rings (SSSR count). The number of halogens is 2. The van der Waals surface area contributed by atoms with Crippen molar-refractivity contribution >= 4 is 33.2 Å². The van der Waals surface area contributed by atoms with Gasteiger partial charge in [-0.3, -0.25) is 4.79 Å². The van der Waals surface area contributed by atoms with E-state index < -0.39 is 39.2 Å². The van der Waals surface area contributed by atoms with Crippen molar-refractivity contribution in [3.8, 4) is 0 Å². The number of amides is 1. The van der Waals surface area contributed by atoms with Crippen molar-refractivity contribution in [3.05, 3.63) is 94.8 Å². The van der Waals surface area contributed by atoms with Gasteiger partial charge < -0.3 is 21.1 Å². The second-order valence-corrected chi connectivity index (χ2v) is 14.7. The summed E-state index contributed by atoms with van der Waals surface area (Å²) in [5, 5.41) is 6.83. The average Bonchev–Trinajstić information content (AvgIpc) is 3.00. The lowest BCUT2D eigenvalue weighted by molar-refractivity contribution is -0.122. The molecule has 0 aliphatic carbocycles. The van der Waals surface area contributed by atoms with Gasteiger partial charge in [0.1, 0.15) is 5.82 Å². The molecule has 3 aromatic carbocycles. The Bertz CT molecular complexity index is 1580. The van der Waals surface area contributed by atoms with Crippen molar-refractivity contribution in [1.82, 2.24) is 9.62 Å². The maximum Gasteiger partial charge on any atom is 0.243 e. The van der Waals surface area contributed by atoms with Gasteiger partial charge >= 0.3 is 0 Å². The van der Waals surface area contributed by atoms with Gasteiger partial charge in [0.25, 0.3) is 0 Å². The predicted octanol–water partition coefficient (Wildman–Crippen LogP) is 5.25. The molecule has 242 valence electrons. The van der Waals surface area contributed by atoms with Crippen LogP contribution in [0.3, 0.4) is 0 Å². The van der Waals surface area contributed by atoms with Gasteiger partial charge in [0, 0.05) is 46.9 Å². The quantitative estimate of drug-likeness (QED) is 0.290. The van der Waals surface area contributed by atoms with Crippen LogP contribution in [0.4, 0.5) is 10.1 Å². The van der Waals surface area contributed by atoms with Crippen LogP contribution in [0, 0.1) is 5.82 Å². The van der Waals surface area contributed by atoms with E-state index in [0.717, 1.165) is 5.56 Å². The molecule has 1 amide bonds. The Morgan fingerprint density at radius 2 is 1.71 bits per heavy atom. The maximum atomic E-state index is 15.4. The standard InChI is InChI=1S/C34H42ClFN4O4S/c1-22-20-38-21-27(40(22)45(42,43)28-8-5-4-6-9-28)16-17-29-30(36)10-7-11-31(29)39-33(41)32(37)34(18-23(2)44-24(3)19-34)25-12-14-26(35)15-13-25/h4-15,22-24,27,32,38H,16-21,37H2,1-3H3,(H,39,41)/t22-,23-,24+,27+,32-,34?/m1/s1. The fourth-order valence-electron chi connectivity index (χ4n) is 7.13. The Morgan fingerprint density at radius 3 is 2.38 bits per heavy atom.